The summed E-state index contributed by atoms with van der Waals surface area (Å²) in [5.41, 5.74) is 7.79. The SMILES string of the molecule is COc1cccc(C(=O)c2ccc(OC)c(C(C)(C)C)c2OC)c1N. The third-order valence-corrected chi connectivity index (χ3v) is 4.07. The molecule has 0 saturated carbocycles. The van der Waals surface area contributed by atoms with Crippen molar-refractivity contribution in [3.63, 3.8) is 0 Å². The van der Waals surface area contributed by atoms with E-state index in [2.05, 4.69) is 0 Å². The lowest BCUT2D eigenvalue weighted by Crippen LogP contribution is -2.17. The molecule has 0 fully saturated rings. The van der Waals surface area contributed by atoms with Crippen LogP contribution in [0.5, 0.6) is 17.2 Å². The fourth-order valence-corrected chi connectivity index (χ4v) is 2.90. The maximum absolute atomic E-state index is 13.1. The summed E-state index contributed by atoms with van der Waals surface area (Å²) in [4.78, 5) is 13.1. The number of carbonyl (C=O) groups excluding carboxylic acids is 1. The summed E-state index contributed by atoms with van der Waals surface area (Å²) in [5, 5.41) is 0. The standard InChI is InChI=1S/C20H25NO4/c1-20(2,3)16-14(23-4)11-10-13(19(16)25-6)18(22)12-8-7-9-15(24-5)17(12)21/h7-11H,21H2,1-6H3. The normalized spacial score (nSPS) is 11.1. The highest BCUT2D eigenvalue weighted by molar-refractivity contribution is 6.14. The molecule has 0 bridgehead atoms. The number of nitrogen functional groups attached to an aromatic ring is 1. The van der Waals surface area contributed by atoms with E-state index in [1.165, 1.54) is 7.11 Å². The second-order valence-corrected chi connectivity index (χ2v) is 6.72. The monoisotopic (exact) mass is 343 g/mol. The van der Waals surface area contributed by atoms with E-state index in [0.29, 0.717) is 34.1 Å². The van der Waals surface area contributed by atoms with Crippen LogP contribution in [0.4, 0.5) is 5.69 Å². The van der Waals surface area contributed by atoms with Crippen LogP contribution in [0.1, 0.15) is 42.3 Å². The molecule has 0 aliphatic heterocycles. The average Bonchev–Trinajstić information content (AvgIpc) is 2.59. The third kappa shape index (κ3) is 3.40. The topological polar surface area (TPSA) is 70.8 Å². The number of benzene rings is 2. The number of rotatable bonds is 5. The fourth-order valence-electron chi connectivity index (χ4n) is 2.90. The average molecular weight is 343 g/mol. The first kappa shape index (κ1) is 18.6. The molecule has 0 unspecified atom stereocenters. The van der Waals surface area contributed by atoms with Crippen LogP contribution in [0.15, 0.2) is 30.3 Å². The highest BCUT2D eigenvalue weighted by atomic mass is 16.5. The number of methoxy groups -OCH3 is 3. The van der Waals surface area contributed by atoms with E-state index in [9.17, 15) is 4.79 Å². The van der Waals surface area contributed by atoms with Crippen molar-refractivity contribution < 1.29 is 19.0 Å². The Kier molecular flexibility index (Phi) is 5.26. The van der Waals surface area contributed by atoms with Gasteiger partial charge in [-0.25, -0.2) is 0 Å². The zero-order valence-electron chi connectivity index (χ0n) is 15.6. The molecule has 0 aliphatic rings. The molecule has 2 aromatic carbocycles. The molecule has 2 rings (SSSR count). The summed E-state index contributed by atoms with van der Waals surface area (Å²) in [6, 6.07) is 8.63. The van der Waals surface area contributed by atoms with Crippen molar-refractivity contribution in [3.8, 4) is 17.2 Å². The molecule has 0 aliphatic carbocycles. The Bertz CT molecular complexity index is 791. The molecule has 0 saturated heterocycles. The van der Waals surface area contributed by atoms with Crippen LogP contribution in [-0.4, -0.2) is 27.1 Å². The van der Waals surface area contributed by atoms with Gasteiger partial charge in [-0.15, -0.1) is 0 Å². The fraction of sp³-hybridized carbons (Fsp3) is 0.350. The van der Waals surface area contributed by atoms with Gasteiger partial charge in [0.1, 0.15) is 17.2 Å². The zero-order valence-corrected chi connectivity index (χ0v) is 15.6. The predicted molar refractivity (Wildman–Crippen MR) is 99.1 cm³/mol. The van der Waals surface area contributed by atoms with E-state index in [-0.39, 0.29) is 11.2 Å². The first-order valence-electron chi connectivity index (χ1n) is 7.98. The minimum Gasteiger partial charge on any atom is -0.496 e. The summed E-state index contributed by atoms with van der Waals surface area (Å²) in [5.74, 6) is 1.43. The minimum atomic E-state index is -0.271. The summed E-state index contributed by atoms with van der Waals surface area (Å²) < 4.78 is 16.3. The molecule has 2 aromatic rings. The maximum atomic E-state index is 13.1. The Balaban J connectivity index is 2.70. The van der Waals surface area contributed by atoms with Gasteiger partial charge >= 0.3 is 0 Å². The molecule has 5 heteroatoms. The second kappa shape index (κ2) is 7.05. The molecule has 0 heterocycles. The number of ketones is 1. The van der Waals surface area contributed by atoms with Crippen molar-refractivity contribution in [1.82, 2.24) is 0 Å². The van der Waals surface area contributed by atoms with E-state index < -0.39 is 0 Å². The van der Waals surface area contributed by atoms with Crippen LogP contribution in [0, 0.1) is 0 Å². The summed E-state index contributed by atoms with van der Waals surface area (Å²) in [6.45, 7) is 6.13. The van der Waals surface area contributed by atoms with Gasteiger partial charge in [0.2, 0.25) is 0 Å². The molecular formula is C20H25NO4. The molecule has 0 spiro atoms. The predicted octanol–water partition coefficient (Wildman–Crippen LogP) is 3.82. The van der Waals surface area contributed by atoms with Gasteiger partial charge in [0, 0.05) is 11.1 Å². The first-order chi connectivity index (χ1) is 11.8. The van der Waals surface area contributed by atoms with Gasteiger partial charge in [0.15, 0.2) is 5.78 Å². The van der Waals surface area contributed by atoms with Crippen LogP contribution < -0.4 is 19.9 Å². The lowest BCUT2D eigenvalue weighted by Gasteiger charge is -2.26. The van der Waals surface area contributed by atoms with Gasteiger partial charge in [-0.2, -0.15) is 0 Å². The van der Waals surface area contributed by atoms with E-state index in [1.807, 2.05) is 20.8 Å². The van der Waals surface area contributed by atoms with Gasteiger partial charge < -0.3 is 19.9 Å². The van der Waals surface area contributed by atoms with Gasteiger partial charge in [0.05, 0.1) is 32.6 Å². The highest BCUT2D eigenvalue weighted by Gasteiger charge is 2.29. The van der Waals surface area contributed by atoms with Crippen LogP contribution in [0.3, 0.4) is 0 Å². The van der Waals surface area contributed by atoms with Crippen molar-refractivity contribution >= 4 is 11.5 Å². The minimum absolute atomic E-state index is 0.221. The lowest BCUT2D eigenvalue weighted by atomic mass is 9.83. The van der Waals surface area contributed by atoms with Gasteiger partial charge in [-0.1, -0.05) is 26.8 Å². The maximum Gasteiger partial charge on any atom is 0.198 e. The summed E-state index contributed by atoms with van der Waals surface area (Å²) in [7, 11) is 4.67. The van der Waals surface area contributed by atoms with Crippen molar-refractivity contribution in [1.29, 1.82) is 0 Å². The van der Waals surface area contributed by atoms with Crippen LogP contribution >= 0.6 is 0 Å². The Labute approximate surface area is 148 Å². The van der Waals surface area contributed by atoms with Crippen LogP contribution in [-0.2, 0) is 5.41 Å². The van der Waals surface area contributed by atoms with E-state index >= 15 is 0 Å². The molecule has 0 aromatic heterocycles. The van der Waals surface area contributed by atoms with Crippen molar-refractivity contribution in [3.05, 3.63) is 47.0 Å². The number of hydrogen-bond donors (Lipinski definition) is 1. The van der Waals surface area contributed by atoms with Gasteiger partial charge in [-0.3, -0.25) is 4.79 Å². The number of carbonyl (C=O) groups is 1. The molecular weight excluding hydrogens is 318 g/mol. The largest absolute Gasteiger partial charge is 0.496 e. The third-order valence-electron chi connectivity index (χ3n) is 4.07. The van der Waals surface area contributed by atoms with E-state index in [4.69, 9.17) is 19.9 Å². The molecule has 25 heavy (non-hydrogen) atoms. The molecule has 0 atom stereocenters. The Hall–Kier alpha value is -2.69. The lowest BCUT2D eigenvalue weighted by molar-refractivity contribution is 0.103. The summed E-state index contributed by atoms with van der Waals surface area (Å²) >= 11 is 0. The highest BCUT2D eigenvalue weighted by Crippen LogP contribution is 2.42. The Morgan fingerprint density at radius 3 is 2.04 bits per heavy atom. The van der Waals surface area contributed by atoms with Crippen molar-refractivity contribution in [2.45, 2.75) is 26.2 Å². The zero-order chi connectivity index (χ0) is 18.8. The van der Waals surface area contributed by atoms with Crippen LogP contribution in [0.25, 0.3) is 0 Å². The van der Waals surface area contributed by atoms with Gasteiger partial charge in [0.25, 0.3) is 0 Å². The van der Waals surface area contributed by atoms with E-state index in [1.54, 1.807) is 44.6 Å². The van der Waals surface area contributed by atoms with Crippen molar-refractivity contribution in [2.24, 2.45) is 0 Å². The smallest absolute Gasteiger partial charge is 0.198 e. The molecule has 134 valence electrons. The quantitative estimate of drug-likeness (QED) is 0.660. The number of hydrogen-bond acceptors (Lipinski definition) is 5. The number of ether oxygens (including phenoxy) is 3. The Morgan fingerprint density at radius 2 is 1.52 bits per heavy atom. The molecule has 0 amide bonds. The molecule has 0 radical (unpaired) electrons. The van der Waals surface area contributed by atoms with E-state index in [0.717, 1.165) is 5.56 Å². The number of nitrogens with two attached hydrogens (primary N) is 1. The molecule has 5 nitrogen and oxygen atoms in total. The number of anilines is 1. The van der Waals surface area contributed by atoms with Crippen molar-refractivity contribution in [2.75, 3.05) is 27.1 Å². The second-order valence-electron chi connectivity index (χ2n) is 6.72. The Morgan fingerprint density at radius 1 is 0.880 bits per heavy atom. The van der Waals surface area contributed by atoms with Gasteiger partial charge in [-0.05, 0) is 29.7 Å². The first-order valence-corrected chi connectivity index (χ1v) is 7.98. The number of para-hydroxylation sites is 1. The summed E-state index contributed by atoms with van der Waals surface area (Å²) in [6.07, 6.45) is 0. The molecule has 2 N–H and O–H groups in total. The van der Waals surface area contributed by atoms with Crippen LogP contribution in [0.2, 0.25) is 0 Å².